The molecule has 2 aliphatic heterocycles. The number of carbonyl (C=O) groups is 1. The molecule has 3 rings (SSSR count). The minimum absolute atomic E-state index is 0.146. The molecule has 0 radical (unpaired) electrons. The topological polar surface area (TPSA) is 58.8 Å². The largest absolute Gasteiger partial charge is 0.385 e. The van der Waals surface area contributed by atoms with E-state index in [4.69, 9.17) is 10.5 Å². The number of ether oxygens (including phenoxy) is 1. The van der Waals surface area contributed by atoms with Gasteiger partial charge in [0.15, 0.2) is 0 Å². The summed E-state index contributed by atoms with van der Waals surface area (Å²) >= 11 is 0. The zero-order valence-corrected chi connectivity index (χ0v) is 17.4. The van der Waals surface area contributed by atoms with Crippen LogP contribution in [-0.2, 0) is 16.0 Å². The number of rotatable bonds is 9. The van der Waals surface area contributed by atoms with Crippen LogP contribution < -0.4 is 5.73 Å². The Morgan fingerprint density at radius 2 is 1.96 bits per heavy atom. The monoisotopic (exact) mass is 387 g/mol. The van der Waals surface area contributed by atoms with Crippen molar-refractivity contribution in [2.45, 2.75) is 51.0 Å². The summed E-state index contributed by atoms with van der Waals surface area (Å²) in [6.07, 6.45) is 7.49. The normalized spacial score (nSPS) is 25.0. The first kappa shape index (κ1) is 21.3. The molecule has 1 amide bonds. The molecule has 2 N–H and O–H groups in total. The maximum atomic E-state index is 12.2. The van der Waals surface area contributed by atoms with Crippen molar-refractivity contribution in [3.63, 3.8) is 0 Å². The van der Waals surface area contributed by atoms with Gasteiger partial charge in [0.05, 0.1) is 5.41 Å². The molecule has 1 aromatic rings. The first-order valence-electron chi connectivity index (χ1n) is 10.9. The summed E-state index contributed by atoms with van der Waals surface area (Å²) in [4.78, 5) is 17.4. The van der Waals surface area contributed by atoms with E-state index in [-0.39, 0.29) is 5.91 Å². The van der Waals surface area contributed by atoms with Crippen LogP contribution in [0.5, 0.6) is 0 Å². The lowest BCUT2D eigenvalue weighted by molar-refractivity contribution is -0.133. The van der Waals surface area contributed by atoms with E-state index in [1.807, 2.05) is 0 Å². The fourth-order valence-electron chi connectivity index (χ4n) is 4.96. The number of amides is 1. The Morgan fingerprint density at radius 1 is 1.21 bits per heavy atom. The molecule has 2 saturated heterocycles. The molecule has 1 aromatic carbocycles. The van der Waals surface area contributed by atoms with E-state index in [9.17, 15) is 4.79 Å². The highest BCUT2D eigenvalue weighted by Gasteiger charge is 2.42. The minimum Gasteiger partial charge on any atom is -0.385 e. The van der Waals surface area contributed by atoms with Crippen molar-refractivity contribution in [1.82, 2.24) is 9.80 Å². The van der Waals surface area contributed by atoms with Gasteiger partial charge in [-0.1, -0.05) is 30.3 Å². The molecule has 1 atom stereocenters. The standard InChI is InChI=1S/C23H37N3O2/c1-28-18-13-23(22(24)27)12-6-15-26(19-23)21-10-16-25(17-11-21)14-5-9-20-7-3-2-4-8-20/h2-4,7-8,21H,5-6,9-19H2,1H3,(H2,24,27). The van der Waals surface area contributed by atoms with Gasteiger partial charge >= 0.3 is 0 Å². The van der Waals surface area contributed by atoms with Crippen LogP contribution >= 0.6 is 0 Å². The zero-order chi connectivity index (χ0) is 19.8. The SMILES string of the molecule is COCCC1(C(N)=O)CCCN(C2CCN(CCCc3ccccc3)CC2)C1. The Bertz CT molecular complexity index is 601. The average molecular weight is 388 g/mol. The molecule has 5 heteroatoms. The molecule has 0 aromatic heterocycles. The summed E-state index contributed by atoms with van der Waals surface area (Å²) < 4.78 is 5.25. The van der Waals surface area contributed by atoms with Crippen molar-refractivity contribution in [2.24, 2.45) is 11.1 Å². The van der Waals surface area contributed by atoms with Crippen LogP contribution in [-0.4, -0.2) is 68.2 Å². The van der Waals surface area contributed by atoms with Gasteiger partial charge in [-0.15, -0.1) is 0 Å². The van der Waals surface area contributed by atoms with Crippen molar-refractivity contribution in [3.05, 3.63) is 35.9 Å². The number of likely N-dealkylation sites (tertiary alicyclic amines) is 2. The Labute approximate surface area is 170 Å². The number of nitrogens with zero attached hydrogens (tertiary/aromatic N) is 2. The fraction of sp³-hybridized carbons (Fsp3) is 0.696. The Balaban J connectivity index is 1.44. The van der Waals surface area contributed by atoms with E-state index in [0.717, 1.165) is 51.9 Å². The van der Waals surface area contributed by atoms with E-state index in [1.165, 1.54) is 31.4 Å². The highest BCUT2D eigenvalue weighted by molar-refractivity contribution is 5.81. The summed E-state index contributed by atoms with van der Waals surface area (Å²) in [5, 5.41) is 0. The van der Waals surface area contributed by atoms with Gasteiger partial charge in [-0.2, -0.15) is 0 Å². The molecule has 2 fully saturated rings. The average Bonchev–Trinajstić information content (AvgIpc) is 2.73. The van der Waals surface area contributed by atoms with Crippen molar-refractivity contribution < 1.29 is 9.53 Å². The third-order valence-electron chi connectivity index (χ3n) is 6.77. The lowest BCUT2D eigenvalue weighted by Gasteiger charge is -2.46. The van der Waals surface area contributed by atoms with Crippen LogP contribution in [0.3, 0.4) is 0 Å². The van der Waals surface area contributed by atoms with Crippen LogP contribution in [0.1, 0.15) is 44.1 Å². The first-order chi connectivity index (χ1) is 13.6. The van der Waals surface area contributed by atoms with Crippen molar-refractivity contribution in [1.29, 1.82) is 0 Å². The fourth-order valence-corrected chi connectivity index (χ4v) is 4.96. The van der Waals surface area contributed by atoms with Crippen molar-refractivity contribution >= 4 is 5.91 Å². The lowest BCUT2D eigenvalue weighted by Crippen LogP contribution is -2.55. The van der Waals surface area contributed by atoms with Gasteiger partial charge in [-0.05, 0) is 76.7 Å². The third kappa shape index (κ3) is 5.56. The maximum Gasteiger partial charge on any atom is 0.225 e. The minimum atomic E-state index is -0.402. The molecule has 0 spiro atoms. The molecular formula is C23H37N3O2. The van der Waals surface area contributed by atoms with Crippen LogP contribution in [0.15, 0.2) is 30.3 Å². The quantitative estimate of drug-likeness (QED) is 0.708. The summed E-state index contributed by atoms with van der Waals surface area (Å²) in [6.45, 7) is 6.03. The predicted octanol–water partition coefficient (Wildman–Crippen LogP) is 2.69. The summed E-state index contributed by atoms with van der Waals surface area (Å²) in [6, 6.07) is 11.4. The number of nitrogens with two attached hydrogens (primary N) is 1. The molecule has 0 bridgehead atoms. The molecule has 2 aliphatic rings. The van der Waals surface area contributed by atoms with Crippen LogP contribution in [0, 0.1) is 5.41 Å². The second kappa shape index (κ2) is 10.4. The predicted molar refractivity (Wildman–Crippen MR) is 113 cm³/mol. The van der Waals surface area contributed by atoms with Gasteiger partial charge in [-0.3, -0.25) is 9.69 Å². The second-order valence-electron chi connectivity index (χ2n) is 8.62. The molecule has 28 heavy (non-hydrogen) atoms. The Hall–Kier alpha value is -1.43. The number of hydrogen-bond acceptors (Lipinski definition) is 4. The number of hydrogen-bond donors (Lipinski definition) is 1. The Morgan fingerprint density at radius 3 is 2.64 bits per heavy atom. The molecule has 1 unspecified atom stereocenters. The number of primary amides is 1. The van der Waals surface area contributed by atoms with E-state index in [0.29, 0.717) is 12.6 Å². The van der Waals surface area contributed by atoms with E-state index in [1.54, 1.807) is 7.11 Å². The van der Waals surface area contributed by atoms with Gasteiger partial charge in [-0.25, -0.2) is 0 Å². The molecule has 0 saturated carbocycles. The highest BCUT2D eigenvalue weighted by Crippen LogP contribution is 2.35. The van der Waals surface area contributed by atoms with Crippen LogP contribution in [0.4, 0.5) is 0 Å². The number of piperidine rings is 2. The summed E-state index contributed by atoms with van der Waals surface area (Å²) in [5.41, 5.74) is 6.86. The second-order valence-corrected chi connectivity index (χ2v) is 8.62. The van der Waals surface area contributed by atoms with Gasteiger partial charge in [0.1, 0.15) is 0 Å². The van der Waals surface area contributed by atoms with Gasteiger partial charge < -0.3 is 15.4 Å². The van der Waals surface area contributed by atoms with Crippen LogP contribution in [0.2, 0.25) is 0 Å². The third-order valence-corrected chi connectivity index (χ3v) is 6.77. The lowest BCUT2D eigenvalue weighted by atomic mass is 9.76. The first-order valence-corrected chi connectivity index (χ1v) is 10.9. The zero-order valence-electron chi connectivity index (χ0n) is 17.4. The summed E-state index contributed by atoms with van der Waals surface area (Å²) in [7, 11) is 1.70. The van der Waals surface area contributed by atoms with Crippen molar-refractivity contribution in [2.75, 3.05) is 46.4 Å². The molecule has 5 nitrogen and oxygen atoms in total. The number of benzene rings is 1. The number of aryl methyl sites for hydroxylation is 1. The maximum absolute atomic E-state index is 12.2. The molecule has 2 heterocycles. The van der Waals surface area contributed by atoms with Gasteiger partial charge in [0.25, 0.3) is 0 Å². The summed E-state index contributed by atoms with van der Waals surface area (Å²) in [5.74, 6) is -0.146. The molecule has 0 aliphatic carbocycles. The van der Waals surface area contributed by atoms with Gasteiger partial charge in [0, 0.05) is 26.3 Å². The van der Waals surface area contributed by atoms with Crippen LogP contribution in [0.25, 0.3) is 0 Å². The van der Waals surface area contributed by atoms with E-state index >= 15 is 0 Å². The number of methoxy groups -OCH3 is 1. The van der Waals surface area contributed by atoms with E-state index < -0.39 is 5.41 Å². The van der Waals surface area contributed by atoms with E-state index in [2.05, 4.69) is 40.1 Å². The highest BCUT2D eigenvalue weighted by atomic mass is 16.5. The van der Waals surface area contributed by atoms with Gasteiger partial charge in [0.2, 0.25) is 5.91 Å². The Kier molecular flexibility index (Phi) is 7.89. The molecular weight excluding hydrogens is 350 g/mol. The number of carbonyl (C=O) groups excluding carboxylic acids is 1. The smallest absolute Gasteiger partial charge is 0.225 e. The van der Waals surface area contributed by atoms with Crippen molar-refractivity contribution in [3.8, 4) is 0 Å². The molecule has 156 valence electrons.